The first-order chi connectivity index (χ1) is 9.33. The number of nitrogen functional groups attached to an aromatic ring is 1. The number of hydrogen-bond acceptors (Lipinski definition) is 3. The summed E-state index contributed by atoms with van der Waals surface area (Å²) in [4.78, 5) is 4.50. The van der Waals surface area contributed by atoms with E-state index >= 15 is 0 Å². The average molecular weight is 249 g/mol. The van der Waals surface area contributed by atoms with E-state index in [2.05, 4.69) is 4.98 Å². The maximum absolute atomic E-state index is 5.98. The van der Waals surface area contributed by atoms with Crippen molar-refractivity contribution in [1.29, 1.82) is 0 Å². The molecule has 4 nitrogen and oxygen atoms in total. The summed E-state index contributed by atoms with van der Waals surface area (Å²) < 4.78 is 7.65. The summed E-state index contributed by atoms with van der Waals surface area (Å²) in [6, 6.07) is 15.6. The van der Waals surface area contributed by atoms with Crippen molar-refractivity contribution < 1.29 is 4.42 Å². The van der Waals surface area contributed by atoms with E-state index in [-0.39, 0.29) is 0 Å². The molecule has 0 atom stereocenters. The Morgan fingerprint density at radius 3 is 2.68 bits per heavy atom. The molecule has 0 aliphatic heterocycles. The SMILES string of the molecule is Nc1ccccc1-c1cn2c(n1)oc1ccccc12. The lowest BCUT2D eigenvalue weighted by molar-refractivity contribution is 0.642. The van der Waals surface area contributed by atoms with E-state index in [1.165, 1.54) is 0 Å². The first-order valence-corrected chi connectivity index (χ1v) is 6.04. The first kappa shape index (κ1) is 10.2. The topological polar surface area (TPSA) is 56.5 Å². The highest BCUT2D eigenvalue weighted by Gasteiger charge is 2.12. The van der Waals surface area contributed by atoms with Crippen LogP contribution in [0, 0.1) is 0 Å². The van der Waals surface area contributed by atoms with Gasteiger partial charge in [0.15, 0.2) is 5.58 Å². The Kier molecular flexibility index (Phi) is 1.94. The van der Waals surface area contributed by atoms with Crippen molar-refractivity contribution in [2.75, 3.05) is 5.73 Å². The summed E-state index contributed by atoms with van der Waals surface area (Å²) in [5.41, 5.74) is 10.3. The Morgan fingerprint density at radius 1 is 1.00 bits per heavy atom. The lowest BCUT2D eigenvalue weighted by Gasteiger charge is -2.00. The Hall–Kier alpha value is -2.75. The third-order valence-corrected chi connectivity index (χ3v) is 3.24. The van der Waals surface area contributed by atoms with E-state index in [4.69, 9.17) is 10.2 Å². The second-order valence-corrected chi connectivity index (χ2v) is 4.44. The number of oxazole rings is 1. The Labute approximate surface area is 109 Å². The molecule has 0 unspecified atom stereocenters. The van der Waals surface area contributed by atoms with Crippen LogP contribution in [0.5, 0.6) is 0 Å². The molecule has 0 aliphatic rings. The lowest BCUT2D eigenvalue weighted by atomic mass is 10.1. The molecule has 92 valence electrons. The third-order valence-electron chi connectivity index (χ3n) is 3.24. The number of para-hydroxylation sites is 3. The van der Waals surface area contributed by atoms with E-state index in [0.29, 0.717) is 11.5 Å². The number of nitrogens with zero attached hydrogens (tertiary/aromatic N) is 2. The number of fused-ring (bicyclic) bond motifs is 3. The minimum Gasteiger partial charge on any atom is -0.423 e. The van der Waals surface area contributed by atoms with Gasteiger partial charge in [0.1, 0.15) is 0 Å². The lowest BCUT2D eigenvalue weighted by Crippen LogP contribution is -1.88. The van der Waals surface area contributed by atoms with Gasteiger partial charge < -0.3 is 10.2 Å². The normalized spacial score (nSPS) is 11.4. The van der Waals surface area contributed by atoms with E-state index < -0.39 is 0 Å². The second kappa shape index (κ2) is 3.62. The zero-order chi connectivity index (χ0) is 12.8. The molecule has 0 radical (unpaired) electrons. The molecule has 4 rings (SSSR count). The highest BCUT2D eigenvalue weighted by Crippen LogP contribution is 2.28. The standard InChI is InChI=1S/C15H11N3O/c16-11-6-2-1-5-10(11)12-9-18-13-7-3-4-8-14(13)19-15(18)17-12/h1-9H,16H2. The molecule has 0 amide bonds. The molecular formula is C15H11N3O. The van der Waals surface area contributed by atoms with E-state index in [1.807, 2.05) is 59.1 Å². The van der Waals surface area contributed by atoms with Crippen LogP contribution >= 0.6 is 0 Å². The molecule has 2 aromatic heterocycles. The molecular weight excluding hydrogens is 238 g/mol. The largest absolute Gasteiger partial charge is 0.423 e. The van der Waals surface area contributed by atoms with Crippen molar-refractivity contribution in [2.24, 2.45) is 0 Å². The van der Waals surface area contributed by atoms with Crippen LogP contribution in [-0.2, 0) is 0 Å². The van der Waals surface area contributed by atoms with Gasteiger partial charge in [-0.05, 0) is 18.2 Å². The number of aromatic nitrogens is 2. The number of benzene rings is 2. The van der Waals surface area contributed by atoms with Crippen molar-refractivity contribution in [3.8, 4) is 11.3 Å². The molecule has 4 aromatic rings. The molecule has 0 saturated heterocycles. The molecule has 2 heterocycles. The highest BCUT2D eigenvalue weighted by molar-refractivity contribution is 5.80. The Bertz CT molecular complexity index is 889. The smallest absolute Gasteiger partial charge is 0.307 e. The molecule has 2 aromatic carbocycles. The van der Waals surface area contributed by atoms with E-state index in [1.54, 1.807) is 0 Å². The van der Waals surface area contributed by atoms with Gasteiger partial charge in [0, 0.05) is 17.4 Å². The molecule has 0 spiro atoms. The molecule has 0 fully saturated rings. The van der Waals surface area contributed by atoms with Gasteiger partial charge in [0.2, 0.25) is 0 Å². The van der Waals surface area contributed by atoms with Crippen molar-refractivity contribution in [1.82, 2.24) is 9.38 Å². The van der Waals surface area contributed by atoms with Gasteiger partial charge in [-0.1, -0.05) is 30.3 Å². The minimum absolute atomic E-state index is 0.583. The zero-order valence-electron chi connectivity index (χ0n) is 10.1. The number of anilines is 1. The maximum Gasteiger partial charge on any atom is 0.307 e. The van der Waals surface area contributed by atoms with Gasteiger partial charge in [-0.3, -0.25) is 4.40 Å². The predicted octanol–water partition coefficient (Wildman–Crippen LogP) is 3.33. The third kappa shape index (κ3) is 1.43. The summed E-state index contributed by atoms with van der Waals surface area (Å²) in [5.74, 6) is 0.583. The Morgan fingerprint density at radius 2 is 1.79 bits per heavy atom. The average Bonchev–Trinajstić information content (AvgIpc) is 2.96. The van der Waals surface area contributed by atoms with Crippen LogP contribution in [0.2, 0.25) is 0 Å². The quantitative estimate of drug-likeness (QED) is 0.526. The number of nitrogens with two attached hydrogens (primary N) is 1. The molecule has 2 N–H and O–H groups in total. The van der Waals surface area contributed by atoms with Crippen molar-refractivity contribution in [3.63, 3.8) is 0 Å². The summed E-state index contributed by atoms with van der Waals surface area (Å²) >= 11 is 0. The summed E-state index contributed by atoms with van der Waals surface area (Å²) in [7, 11) is 0. The second-order valence-electron chi connectivity index (χ2n) is 4.44. The monoisotopic (exact) mass is 249 g/mol. The van der Waals surface area contributed by atoms with Gasteiger partial charge >= 0.3 is 5.84 Å². The van der Waals surface area contributed by atoms with Crippen LogP contribution in [0.3, 0.4) is 0 Å². The summed E-state index contributed by atoms with van der Waals surface area (Å²) in [6.45, 7) is 0. The van der Waals surface area contributed by atoms with Gasteiger partial charge in [-0.25, -0.2) is 0 Å². The van der Waals surface area contributed by atoms with Crippen LogP contribution < -0.4 is 5.73 Å². The highest BCUT2D eigenvalue weighted by atomic mass is 16.4. The predicted molar refractivity (Wildman–Crippen MR) is 74.8 cm³/mol. The van der Waals surface area contributed by atoms with E-state index in [0.717, 1.165) is 22.4 Å². The molecule has 0 bridgehead atoms. The molecule has 19 heavy (non-hydrogen) atoms. The van der Waals surface area contributed by atoms with Crippen LogP contribution in [0.4, 0.5) is 5.69 Å². The summed E-state index contributed by atoms with van der Waals surface area (Å²) in [6.07, 6.45) is 1.95. The first-order valence-electron chi connectivity index (χ1n) is 6.04. The molecule has 0 saturated carbocycles. The van der Waals surface area contributed by atoms with E-state index in [9.17, 15) is 0 Å². The summed E-state index contributed by atoms with van der Waals surface area (Å²) in [5, 5.41) is 0. The van der Waals surface area contributed by atoms with Gasteiger partial charge in [-0.2, -0.15) is 4.98 Å². The van der Waals surface area contributed by atoms with Gasteiger partial charge in [0.05, 0.1) is 11.2 Å². The van der Waals surface area contributed by atoms with Crippen LogP contribution in [0.25, 0.3) is 28.2 Å². The van der Waals surface area contributed by atoms with Crippen molar-refractivity contribution in [3.05, 3.63) is 54.7 Å². The van der Waals surface area contributed by atoms with Crippen LogP contribution in [0.15, 0.2) is 59.1 Å². The molecule has 4 heteroatoms. The van der Waals surface area contributed by atoms with Crippen molar-refractivity contribution >= 4 is 22.6 Å². The van der Waals surface area contributed by atoms with Crippen LogP contribution in [-0.4, -0.2) is 9.38 Å². The van der Waals surface area contributed by atoms with Crippen LogP contribution in [0.1, 0.15) is 0 Å². The van der Waals surface area contributed by atoms with Gasteiger partial charge in [-0.15, -0.1) is 0 Å². The fourth-order valence-corrected chi connectivity index (χ4v) is 2.31. The van der Waals surface area contributed by atoms with Gasteiger partial charge in [0.25, 0.3) is 0 Å². The number of imidazole rings is 1. The number of rotatable bonds is 1. The Balaban J connectivity index is 2.00. The number of hydrogen-bond donors (Lipinski definition) is 1. The fourth-order valence-electron chi connectivity index (χ4n) is 2.31. The van der Waals surface area contributed by atoms with Crippen molar-refractivity contribution in [2.45, 2.75) is 0 Å². The maximum atomic E-state index is 5.98. The molecule has 0 aliphatic carbocycles. The minimum atomic E-state index is 0.583. The fraction of sp³-hybridized carbons (Fsp3) is 0. The zero-order valence-corrected chi connectivity index (χ0v) is 10.1.